The Morgan fingerprint density at radius 2 is 1.93 bits per heavy atom. The van der Waals surface area contributed by atoms with Gasteiger partial charge in [-0.3, -0.25) is 24.0 Å². The summed E-state index contributed by atoms with van der Waals surface area (Å²) in [5.41, 5.74) is 2.65. The largest absolute Gasteiger partial charge is 0.339 e. The van der Waals surface area contributed by atoms with Gasteiger partial charge in [0.05, 0.1) is 17.2 Å². The van der Waals surface area contributed by atoms with E-state index in [1.165, 1.54) is 16.5 Å². The summed E-state index contributed by atoms with van der Waals surface area (Å²) in [5, 5.41) is 0.552. The van der Waals surface area contributed by atoms with Crippen molar-refractivity contribution in [1.82, 2.24) is 24.3 Å². The first-order chi connectivity index (χ1) is 13.6. The van der Waals surface area contributed by atoms with E-state index < -0.39 is 0 Å². The van der Waals surface area contributed by atoms with Crippen molar-refractivity contribution in [3.8, 4) is 0 Å². The molecule has 28 heavy (non-hydrogen) atoms. The number of pyridine rings is 1. The van der Waals surface area contributed by atoms with Crippen LogP contribution in [0.15, 0.2) is 53.8 Å². The molecule has 0 aliphatic carbocycles. The second-order valence-corrected chi connectivity index (χ2v) is 7.17. The molecule has 1 aliphatic rings. The van der Waals surface area contributed by atoms with E-state index in [-0.39, 0.29) is 18.0 Å². The summed E-state index contributed by atoms with van der Waals surface area (Å²) >= 11 is 0. The van der Waals surface area contributed by atoms with Crippen LogP contribution in [0.4, 0.5) is 0 Å². The summed E-state index contributed by atoms with van der Waals surface area (Å²) in [6.07, 6.45) is 5.12. The smallest absolute Gasteiger partial charge is 0.261 e. The minimum atomic E-state index is -0.169. The van der Waals surface area contributed by atoms with E-state index in [2.05, 4.69) is 20.9 Å². The van der Waals surface area contributed by atoms with E-state index in [4.69, 9.17) is 0 Å². The van der Waals surface area contributed by atoms with Gasteiger partial charge >= 0.3 is 0 Å². The molecule has 7 nitrogen and oxygen atoms in total. The van der Waals surface area contributed by atoms with Crippen LogP contribution in [0.25, 0.3) is 10.9 Å². The number of rotatable bonds is 4. The van der Waals surface area contributed by atoms with Gasteiger partial charge in [0.2, 0.25) is 5.91 Å². The highest BCUT2D eigenvalue weighted by atomic mass is 16.2. The molecule has 4 rings (SSSR count). The van der Waals surface area contributed by atoms with Gasteiger partial charge in [-0.25, -0.2) is 4.98 Å². The molecule has 0 N–H and O–H groups in total. The lowest BCUT2D eigenvalue weighted by molar-refractivity contribution is -0.133. The number of hydrogen-bond donors (Lipinski definition) is 0. The van der Waals surface area contributed by atoms with Crippen LogP contribution in [0.5, 0.6) is 0 Å². The number of amides is 1. The molecule has 0 atom stereocenters. The van der Waals surface area contributed by atoms with Crippen molar-refractivity contribution in [2.24, 2.45) is 0 Å². The summed E-state index contributed by atoms with van der Waals surface area (Å²) < 4.78 is 1.41. The Kier molecular flexibility index (Phi) is 5.16. The van der Waals surface area contributed by atoms with Crippen molar-refractivity contribution >= 4 is 16.8 Å². The Bertz CT molecular complexity index is 1040. The van der Waals surface area contributed by atoms with Gasteiger partial charge in [0.15, 0.2) is 0 Å². The van der Waals surface area contributed by atoms with E-state index in [0.717, 1.165) is 25.2 Å². The predicted molar refractivity (Wildman–Crippen MR) is 107 cm³/mol. The number of piperazine rings is 1. The standard InChI is InChI=1S/C21H23N5O2/c1-16-4-2-6-18-20(16)23-15-26(21(18)28)14-19(27)25-10-8-24(9-11-25)13-17-5-3-7-22-12-17/h2-7,12,15H,8-11,13-14H2,1H3. The number of carbonyl (C=O) groups is 1. The highest BCUT2D eigenvalue weighted by Crippen LogP contribution is 2.12. The fourth-order valence-corrected chi connectivity index (χ4v) is 3.60. The summed E-state index contributed by atoms with van der Waals surface area (Å²) in [5.74, 6) is -0.0445. The fraction of sp³-hybridized carbons (Fsp3) is 0.333. The molecule has 3 heterocycles. The zero-order chi connectivity index (χ0) is 19.5. The second kappa shape index (κ2) is 7.90. The molecule has 1 amide bonds. The van der Waals surface area contributed by atoms with Crippen LogP contribution in [0.1, 0.15) is 11.1 Å². The van der Waals surface area contributed by atoms with E-state index in [1.807, 2.05) is 36.2 Å². The van der Waals surface area contributed by atoms with Crippen LogP contribution in [0, 0.1) is 6.92 Å². The van der Waals surface area contributed by atoms with E-state index in [0.29, 0.717) is 24.0 Å². The zero-order valence-corrected chi connectivity index (χ0v) is 15.9. The Labute approximate surface area is 163 Å². The molecule has 0 saturated carbocycles. The minimum Gasteiger partial charge on any atom is -0.339 e. The maximum atomic E-state index is 12.7. The molecule has 1 fully saturated rings. The highest BCUT2D eigenvalue weighted by Gasteiger charge is 2.22. The topological polar surface area (TPSA) is 71.3 Å². The lowest BCUT2D eigenvalue weighted by Gasteiger charge is -2.34. The van der Waals surface area contributed by atoms with Crippen LogP contribution in [-0.4, -0.2) is 56.4 Å². The average molecular weight is 377 g/mol. The lowest BCUT2D eigenvalue weighted by Crippen LogP contribution is -2.49. The number of hydrogen-bond acceptors (Lipinski definition) is 5. The van der Waals surface area contributed by atoms with Gasteiger partial charge in [0.25, 0.3) is 5.56 Å². The Morgan fingerprint density at radius 1 is 1.11 bits per heavy atom. The fourth-order valence-electron chi connectivity index (χ4n) is 3.60. The van der Waals surface area contributed by atoms with E-state index in [9.17, 15) is 9.59 Å². The number of para-hydroxylation sites is 1. The first-order valence-electron chi connectivity index (χ1n) is 9.45. The van der Waals surface area contributed by atoms with Crippen LogP contribution < -0.4 is 5.56 Å². The Morgan fingerprint density at radius 3 is 2.68 bits per heavy atom. The van der Waals surface area contributed by atoms with Crippen molar-refractivity contribution in [3.05, 3.63) is 70.5 Å². The van der Waals surface area contributed by atoms with Crippen molar-refractivity contribution in [1.29, 1.82) is 0 Å². The van der Waals surface area contributed by atoms with Crippen molar-refractivity contribution in [2.45, 2.75) is 20.0 Å². The van der Waals surface area contributed by atoms with E-state index in [1.54, 1.807) is 12.3 Å². The van der Waals surface area contributed by atoms with Crippen molar-refractivity contribution in [2.75, 3.05) is 26.2 Å². The predicted octanol–water partition coefficient (Wildman–Crippen LogP) is 1.44. The molecule has 0 radical (unpaired) electrons. The quantitative estimate of drug-likeness (QED) is 0.688. The summed E-state index contributed by atoms with van der Waals surface area (Å²) in [7, 11) is 0. The van der Waals surface area contributed by atoms with Crippen molar-refractivity contribution < 1.29 is 4.79 Å². The third kappa shape index (κ3) is 3.80. The SMILES string of the molecule is Cc1cccc2c(=O)n(CC(=O)N3CCN(Cc4cccnc4)CC3)cnc12. The highest BCUT2D eigenvalue weighted by molar-refractivity contribution is 5.81. The maximum Gasteiger partial charge on any atom is 0.261 e. The van der Waals surface area contributed by atoms with Gasteiger partial charge in [0, 0.05) is 45.1 Å². The van der Waals surface area contributed by atoms with Crippen LogP contribution in [0.3, 0.4) is 0 Å². The molecule has 1 saturated heterocycles. The molecule has 0 spiro atoms. The number of benzene rings is 1. The first-order valence-corrected chi connectivity index (χ1v) is 9.45. The molecule has 144 valence electrons. The van der Waals surface area contributed by atoms with Crippen LogP contribution in [-0.2, 0) is 17.9 Å². The number of carbonyl (C=O) groups excluding carboxylic acids is 1. The third-order valence-corrected chi connectivity index (χ3v) is 5.21. The Hall–Kier alpha value is -3.06. The number of nitrogens with zero attached hydrogens (tertiary/aromatic N) is 5. The average Bonchev–Trinajstić information content (AvgIpc) is 2.72. The van der Waals surface area contributed by atoms with Crippen LogP contribution >= 0.6 is 0 Å². The molecular weight excluding hydrogens is 354 g/mol. The molecule has 1 aliphatic heterocycles. The van der Waals surface area contributed by atoms with Crippen LogP contribution in [0.2, 0.25) is 0 Å². The minimum absolute atomic E-state index is 0.0261. The molecular formula is C21H23N5O2. The summed E-state index contributed by atoms with van der Waals surface area (Å²) in [4.78, 5) is 38.1. The summed E-state index contributed by atoms with van der Waals surface area (Å²) in [6, 6.07) is 9.52. The van der Waals surface area contributed by atoms with Gasteiger partial charge in [-0.15, -0.1) is 0 Å². The van der Waals surface area contributed by atoms with Gasteiger partial charge < -0.3 is 4.90 Å². The molecule has 7 heteroatoms. The molecule has 0 unspecified atom stereocenters. The molecule has 3 aromatic rings. The zero-order valence-electron chi connectivity index (χ0n) is 15.9. The number of aromatic nitrogens is 3. The number of aryl methyl sites for hydroxylation is 1. The second-order valence-electron chi connectivity index (χ2n) is 7.17. The van der Waals surface area contributed by atoms with Gasteiger partial charge in [-0.05, 0) is 30.2 Å². The molecule has 2 aromatic heterocycles. The molecule has 0 bridgehead atoms. The van der Waals surface area contributed by atoms with Gasteiger partial charge in [-0.1, -0.05) is 18.2 Å². The third-order valence-electron chi connectivity index (χ3n) is 5.21. The summed E-state index contributed by atoms with van der Waals surface area (Å²) in [6.45, 7) is 5.73. The van der Waals surface area contributed by atoms with E-state index >= 15 is 0 Å². The molecule has 1 aromatic carbocycles. The lowest BCUT2D eigenvalue weighted by atomic mass is 10.1. The normalized spacial score (nSPS) is 15.1. The number of fused-ring (bicyclic) bond motifs is 1. The van der Waals surface area contributed by atoms with Gasteiger partial charge in [-0.2, -0.15) is 0 Å². The Balaban J connectivity index is 1.39. The maximum absolute atomic E-state index is 12.7. The monoisotopic (exact) mass is 377 g/mol. The van der Waals surface area contributed by atoms with Crippen molar-refractivity contribution in [3.63, 3.8) is 0 Å². The van der Waals surface area contributed by atoms with Gasteiger partial charge in [0.1, 0.15) is 6.54 Å². The first kappa shape index (κ1) is 18.3.